The van der Waals surface area contributed by atoms with Crippen molar-refractivity contribution >= 4 is 16.7 Å². The van der Waals surface area contributed by atoms with Crippen LogP contribution in [-0.4, -0.2) is 11.1 Å². The quantitative estimate of drug-likeness (QED) is 0.864. The van der Waals surface area contributed by atoms with Crippen LogP contribution in [0, 0.1) is 0 Å². The van der Waals surface area contributed by atoms with Crippen molar-refractivity contribution in [2.75, 3.05) is 0 Å². The average molecular weight is 232 g/mol. The zero-order valence-electron chi connectivity index (χ0n) is 9.56. The minimum atomic E-state index is -1.23. The number of carboxylic acid groups (broad SMARTS) is 1. The molecule has 0 aliphatic carbocycles. The van der Waals surface area contributed by atoms with Gasteiger partial charge in [0.25, 0.3) is 0 Å². The molecule has 0 aliphatic rings. The molecule has 2 aromatic rings. The predicted molar refractivity (Wildman–Crippen MR) is 63.5 cm³/mol. The third kappa shape index (κ3) is 1.93. The molecule has 1 aromatic heterocycles. The lowest BCUT2D eigenvalue weighted by Gasteiger charge is -2.09. The number of carboxylic acids is 1. The molecule has 0 unspecified atom stereocenters. The standard InChI is InChI=1S/C13H12O4/c1-7(2)8-4-3-5-9-10(8)6-11(12(14)15)17-13(9)16/h3-7H,1-2H3,(H,14,15). The Morgan fingerprint density at radius 3 is 2.59 bits per heavy atom. The maximum atomic E-state index is 11.6. The van der Waals surface area contributed by atoms with Gasteiger partial charge in [0.15, 0.2) is 0 Å². The van der Waals surface area contributed by atoms with Crippen molar-refractivity contribution in [1.82, 2.24) is 0 Å². The largest absolute Gasteiger partial charge is 0.475 e. The van der Waals surface area contributed by atoms with E-state index in [-0.39, 0.29) is 11.7 Å². The molecule has 88 valence electrons. The molecule has 0 bridgehead atoms. The van der Waals surface area contributed by atoms with Gasteiger partial charge in [-0.2, -0.15) is 0 Å². The summed E-state index contributed by atoms with van der Waals surface area (Å²) < 4.78 is 4.73. The van der Waals surface area contributed by atoms with Crippen molar-refractivity contribution in [3.05, 3.63) is 46.0 Å². The highest BCUT2D eigenvalue weighted by atomic mass is 16.4. The number of fused-ring (bicyclic) bond motifs is 1. The van der Waals surface area contributed by atoms with Gasteiger partial charge in [0.2, 0.25) is 5.76 Å². The van der Waals surface area contributed by atoms with E-state index in [4.69, 9.17) is 9.52 Å². The molecule has 1 N–H and O–H groups in total. The molecule has 0 saturated heterocycles. The van der Waals surface area contributed by atoms with Crippen molar-refractivity contribution in [3.8, 4) is 0 Å². The van der Waals surface area contributed by atoms with Crippen LogP contribution >= 0.6 is 0 Å². The van der Waals surface area contributed by atoms with Crippen LogP contribution in [0.4, 0.5) is 0 Å². The SMILES string of the molecule is CC(C)c1cccc2c(=O)oc(C(=O)O)cc12. The lowest BCUT2D eigenvalue weighted by molar-refractivity contribution is 0.0658. The van der Waals surface area contributed by atoms with Crippen LogP contribution in [0.2, 0.25) is 0 Å². The van der Waals surface area contributed by atoms with E-state index in [1.807, 2.05) is 19.9 Å². The van der Waals surface area contributed by atoms with Crippen molar-refractivity contribution in [2.45, 2.75) is 19.8 Å². The molecule has 0 atom stereocenters. The Kier molecular flexibility index (Phi) is 2.71. The van der Waals surface area contributed by atoms with Crippen LogP contribution in [0.1, 0.15) is 35.9 Å². The molecular formula is C13H12O4. The smallest absolute Gasteiger partial charge is 0.371 e. The van der Waals surface area contributed by atoms with E-state index in [2.05, 4.69) is 0 Å². The molecule has 0 fully saturated rings. The van der Waals surface area contributed by atoms with E-state index in [9.17, 15) is 9.59 Å². The Balaban J connectivity index is 2.88. The van der Waals surface area contributed by atoms with Crippen LogP contribution in [0.25, 0.3) is 10.8 Å². The summed E-state index contributed by atoms with van der Waals surface area (Å²) >= 11 is 0. The van der Waals surface area contributed by atoms with Gasteiger partial charge in [-0.3, -0.25) is 0 Å². The minimum Gasteiger partial charge on any atom is -0.475 e. The molecule has 0 radical (unpaired) electrons. The topological polar surface area (TPSA) is 67.5 Å². The van der Waals surface area contributed by atoms with Crippen LogP contribution in [0.5, 0.6) is 0 Å². The molecule has 17 heavy (non-hydrogen) atoms. The molecule has 2 rings (SSSR count). The molecule has 0 aliphatic heterocycles. The number of benzene rings is 1. The monoisotopic (exact) mass is 232 g/mol. The Morgan fingerprint density at radius 2 is 2.00 bits per heavy atom. The maximum absolute atomic E-state index is 11.6. The molecule has 4 nitrogen and oxygen atoms in total. The highest BCUT2D eigenvalue weighted by Crippen LogP contribution is 2.24. The summed E-state index contributed by atoms with van der Waals surface area (Å²) in [5.41, 5.74) is 0.334. The van der Waals surface area contributed by atoms with Gasteiger partial charge < -0.3 is 9.52 Å². The lowest BCUT2D eigenvalue weighted by atomic mass is 9.97. The van der Waals surface area contributed by atoms with Gasteiger partial charge in [-0.25, -0.2) is 9.59 Å². The first-order chi connectivity index (χ1) is 8.00. The normalized spacial score (nSPS) is 11.0. The van der Waals surface area contributed by atoms with E-state index in [1.54, 1.807) is 12.1 Å². The van der Waals surface area contributed by atoms with Crippen LogP contribution in [0.3, 0.4) is 0 Å². The van der Waals surface area contributed by atoms with E-state index >= 15 is 0 Å². The van der Waals surface area contributed by atoms with E-state index in [1.165, 1.54) is 6.07 Å². The Labute approximate surface area is 97.5 Å². The predicted octanol–water partition coefficient (Wildman–Crippen LogP) is 2.61. The fourth-order valence-corrected chi connectivity index (χ4v) is 1.85. The second-order valence-corrected chi connectivity index (χ2v) is 4.17. The molecule has 0 spiro atoms. The molecule has 0 saturated carbocycles. The van der Waals surface area contributed by atoms with Gasteiger partial charge >= 0.3 is 11.6 Å². The van der Waals surface area contributed by atoms with Crippen molar-refractivity contribution in [3.63, 3.8) is 0 Å². The van der Waals surface area contributed by atoms with Gasteiger partial charge in [0.1, 0.15) is 0 Å². The van der Waals surface area contributed by atoms with Crippen LogP contribution < -0.4 is 5.63 Å². The summed E-state index contributed by atoms with van der Waals surface area (Å²) in [7, 11) is 0. The number of hydrogen-bond acceptors (Lipinski definition) is 3. The van der Waals surface area contributed by atoms with Crippen molar-refractivity contribution in [2.24, 2.45) is 0 Å². The zero-order chi connectivity index (χ0) is 12.6. The summed E-state index contributed by atoms with van der Waals surface area (Å²) in [6, 6.07) is 6.71. The van der Waals surface area contributed by atoms with E-state index in [0.29, 0.717) is 10.8 Å². The molecule has 1 heterocycles. The Hall–Kier alpha value is -2.10. The number of hydrogen-bond donors (Lipinski definition) is 1. The summed E-state index contributed by atoms with van der Waals surface area (Å²) in [6.45, 7) is 3.98. The summed E-state index contributed by atoms with van der Waals surface area (Å²) in [4.78, 5) is 22.5. The number of carbonyl (C=O) groups is 1. The third-order valence-electron chi connectivity index (χ3n) is 2.67. The first kappa shape index (κ1) is 11.4. The fraction of sp³-hybridized carbons (Fsp3) is 0.231. The molecule has 4 heteroatoms. The number of aromatic carboxylic acids is 1. The molecular weight excluding hydrogens is 220 g/mol. The van der Waals surface area contributed by atoms with E-state index < -0.39 is 11.6 Å². The van der Waals surface area contributed by atoms with Crippen molar-refractivity contribution < 1.29 is 14.3 Å². The van der Waals surface area contributed by atoms with Crippen LogP contribution in [-0.2, 0) is 0 Å². The highest BCUT2D eigenvalue weighted by molar-refractivity contribution is 5.92. The fourth-order valence-electron chi connectivity index (χ4n) is 1.85. The third-order valence-corrected chi connectivity index (χ3v) is 2.67. The first-order valence-electron chi connectivity index (χ1n) is 5.30. The van der Waals surface area contributed by atoms with Gasteiger partial charge in [-0.05, 0) is 29.0 Å². The maximum Gasteiger partial charge on any atom is 0.371 e. The van der Waals surface area contributed by atoms with Gasteiger partial charge in [0, 0.05) is 0 Å². The summed E-state index contributed by atoms with van der Waals surface area (Å²) in [5, 5.41) is 9.93. The lowest BCUT2D eigenvalue weighted by Crippen LogP contribution is -2.07. The second-order valence-electron chi connectivity index (χ2n) is 4.17. The van der Waals surface area contributed by atoms with Gasteiger partial charge in [0.05, 0.1) is 5.39 Å². The Morgan fingerprint density at radius 1 is 1.29 bits per heavy atom. The van der Waals surface area contributed by atoms with Crippen molar-refractivity contribution in [1.29, 1.82) is 0 Å². The first-order valence-corrected chi connectivity index (χ1v) is 5.30. The van der Waals surface area contributed by atoms with Gasteiger partial charge in [-0.15, -0.1) is 0 Å². The molecule has 0 amide bonds. The zero-order valence-corrected chi connectivity index (χ0v) is 9.56. The highest BCUT2D eigenvalue weighted by Gasteiger charge is 2.13. The number of rotatable bonds is 2. The van der Waals surface area contributed by atoms with Crippen LogP contribution in [0.15, 0.2) is 33.5 Å². The summed E-state index contributed by atoms with van der Waals surface area (Å²) in [5.74, 6) is -1.35. The summed E-state index contributed by atoms with van der Waals surface area (Å²) in [6.07, 6.45) is 0. The van der Waals surface area contributed by atoms with E-state index in [0.717, 1.165) is 5.56 Å². The second kappa shape index (κ2) is 4.05. The van der Waals surface area contributed by atoms with Gasteiger partial charge in [-0.1, -0.05) is 26.0 Å². The molecule has 1 aromatic carbocycles. The Bertz CT molecular complexity index is 637. The minimum absolute atomic E-state index is 0.210. The average Bonchev–Trinajstić information content (AvgIpc) is 2.27.